The molecule has 0 radical (unpaired) electrons. The molecular formula is C21H18ClN3O2. The summed E-state index contributed by atoms with van der Waals surface area (Å²) < 4.78 is 2.07. The van der Waals surface area contributed by atoms with Crippen molar-refractivity contribution in [3.63, 3.8) is 0 Å². The predicted molar refractivity (Wildman–Crippen MR) is 107 cm³/mol. The summed E-state index contributed by atoms with van der Waals surface area (Å²) in [5, 5.41) is 3.77. The summed E-state index contributed by atoms with van der Waals surface area (Å²) in [6.07, 6.45) is 2.74. The Balaban J connectivity index is 1.99. The Morgan fingerprint density at radius 3 is 2.33 bits per heavy atom. The van der Waals surface area contributed by atoms with E-state index in [2.05, 4.69) is 9.88 Å². The van der Waals surface area contributed by atoms with Gasteiger partial charge >= 0.3 is 0 Å². The maximum absolute atomic E-state index is 12.7. The van der Waals surface area contributed by atoms with Gasteiger partial charge in [-0.1, -0.05) is 48.0 Å². The van der Waals surface area contributed by atoms with E-state index in [1.807, 2.05) is 30.5 Å². The Kier molecular flexibility index (Phi) is 4.56. The van der Waals surface area contributed by atoms with Gasteiger partial charge in [0.1, 0.15) is 0 Å². The van der Waals surface area contributed by atoms with Crippen LogP contribution in [0.5, 0.6) is 0 Å². The van der Waals surface area contributed by atoms with Gasteiger partial charge in [-0.2, -0.15) is 0 Å². The molecule has 2 aromatic carbocycles. The van der Waals surface area contributed by atoms with Gasteiger partial charge in [0, 0.05) is 39.8 Å². The molecule has 0 fully saturated rings. The van der Waals surface area contributed by atoms with E-state index in [1.165, 1.54) is 0 Å². The highest BCUT2D eigenvalue weighted by atomic mass is 35.5. The number of hydrogen-bond donors (Lipinski definition) is 2. The Labute approximate surface area is 161 Å². The van der Waals surface area contributed by atoms with Crippen LogP contribution in [0.1, 0.15) is 17.5 Å². The van der Waals surface area contributed by atoms with Crippen LogP contribution in [0.25, 0.3) is 22.0 Å². The number of hydrogen-bond acceptors (Lipinski definition) is 3. The number of halogens is 1. The standard InChI is InChI=1S/C21H18ClN3O2/c22-16-8-3-1-7-14(16)18-19(21(27)24-20(18)26)15-12-25(11-5-10-23)17-9-4-2-6-13(15)17/h1-4,6-9,12H,5,10-11,23H2,(H,24,26,27). The van der Waals surface area contributed by atoms with E-state index in [0.29, 0.717) is 28.3 Å². The first-order valence-electron chi connectivity index (χ1n) is 8.75. The number of carbonyl (C=O) groups is 2. The van der Waals surface area contributed by atoms with Crippen LogP contribution < -0.4 is 11.1 Å². The summed E-state index contributed by atoms with van der Waals surface area (Å²) in [6, 6.07) is 14.9. The lowest BCUT2D eigenvalue weighted by molar-refractivity contribution is -0.122. The molecule has 6 heteroatoms. The number of fused-ring (bicyclic) bond motifs is 1. The molecule has 2 heterocycles. The van der Waals surface area contributed by atoms with Crippen LogP contribution in [-0.4, -0.2) is 22.9 Å². The number of amides is 2. The van der Waals surface area contributed by atoms with Gasteiger partial charge in [-0.25, -0.2) is 0 Å². The number of carbonyl (C=O) groups excluding carboxylic acids is 2. The van der Waals surface area contributed by atoms with Crippen molar-refractivity contribution in [3.05, 3.63) is 70.9 Å². The fraction of sp³-hybridized carbons (Fsp3) is 0.143. The van der Waals surface area contributed by atoms with Crippen LogP contribution in [0.3, 0.4) is 0 Å². The third-order valence-corrected chi connectivity index (χ3v) is 5.07. The SMILES string of the molecule is NCCCn1cc(C2=C(c3ccccc3Cl)C(=O)NC2=O)c2ccccc21. The Morgan fingerprint density at radius 1 is 0.926 bits per heavy atom. The molecule has 0 atom stereocenters. The Morgan fingerprint density at radius 2 is 1.59 bits per heavy atom. The molecule has 27 heavy (non-hydrogen) atoms. The van der Waals surface area contributed by atoms with E-state index < -0.39 is 11.8 Å². The molecule has 3 N–H and O–H groups in total. The van der Waals surface area contributed by atoms with Crippen LogP contribution in [0.2, 0.25) is 5.02 Å². The molecule has 0 saturated carbocycles. The summed E-state index contributed by atoms with van der Waals surface area (Å²) in [4.78, 5) is 25.2. The summed E-state index contributed by atoms with van der Waals surface area (Å²) >= 11 is 6.32. The predicted octanol–water partition coefficient (Wildman–Crippen LogP) is 3.21. The average molecular weight is 380 g/mol. The summed E-state index contributed by atoms with van der Waals surface area (Å²) in [6.45, 7) is 1.32. The summed E-state index contributed by atoms with van der Waals surface area (Å²) in [5.74, 6) is -0.835. The zero-order valence-corrected chi connectivity index (χ0v) is 15.3. The Hall–Kier alpha value is -2.89. The van der Waals surface area contributed by atoms with Crippen LogP contribution >= 0.6 is 11.6 Å². The molecule has 0 bridgehead atoms. The quantitative estimate of drug-likeness (QED) is 0.668. The van der Waals surface area contributed by atoms with Crippen LogP contribution in [0.4, 0.5) is 0 Å². The van der Waals surface area contributed by atoms with Gasteiger partial charge in [0.15, 0.2) is 0 Å². The maximum atomic E-state index is 12.7. The molecule has 4 rings (SSSR count). The molecule has 1 aromatic heterocycles. The van der Waals surface area contributed by atoms with Crippen molar-refractivity contribution in [2.45, 2.75) is 13.0 Å². The lowest BCUT2D eigenvalue weighted by Crippen LogP contribution is -2.22. The highest BCUT2D eigenvalue weighted by molar-refractivity contribution is 6.51. The van der Waals surface area contributed by atoms with Gasteiger partial charge in [-0.15, -0.1) is 0 Å². The molecule has 1 aliphatic rings. The molecule has 0 aliphatic carbocycles. The first-order valence-corrected chi connectivity index (χ1v) is 9.12. The van der Waals surface area contributed by atoms with E-state index in [-0.39, 0.29) is 0 Å². The molecule has 0 unspecified atom stereocenters. The summed E-state index contributed by atoms with van der Waals surface area (Å²) in [5.41, 5.74) is 8.60. The van der Waals surface area contributed by atoms with E-state index >= 15 is 0 Å². The van der Waals surface area contributed by atoms with Crippen molar-refractivity contribution in [2.24, 2.45) is 5.73 Å². The molecular weight excluding hydrogens is 362 g/mol. The van der Waals surface area contributed by atoms with Gasteiger partial charge < -0.3 is 10.3 Å². The lowest BCUT2D eigenvalue weighted by Gasteiger charge is -2.06. The van der Waals surface area contributed by atoms with Gasteiger partial charge in [-0.3, -0.25) is 14.9 Å². The first kappa shape index (κ1) is 17.5. The first-order chi connectivity index (χ1) is 13.1. The van der Waals surface area contributed by atoms with Crippen molar-refractivity contribution >= 4 is 45.5 Å². The van der Waals surface area contributed by atoms with Crippen molar-refractivity contribution in [3.8, 4) is 0 Å². The molecule has 1 aliphatic heterocycles. The number of para-hydroxylation sites is 1. The van der Waals surface area contributed by atoms with Crippen LogP contribution in [0.15, 0.2) is 54.7 Å². The van der Waals surface area contributed by atoms with Gasteiger partial charge in [0.05, 0.1) is 11.1 Å². The second-order valence-corrected chi connectivity index (χ2v) is 6.82. The van der Waals surface area contributed by atoms with Crippen molar-refractivity contribution in [1.29, 1.82) is 0 Å². The molecule has 136 valence electrons. The number of nitrogens with two attached hydrogens (primary N) is 1. The maximum Gasteiger partial charge on any atom is 0.259 e. The molecule has 2 amide bonds. The molecule has 3 aromatic rings. The van der Waals surface area contributed by atoms with Crippen molar-refractivity contribution in [1.82, 2.24) is 9.88 Å². The van der Waals surface area contributed by atoms with Crippen LogP contribution in [0, 0.1) is 0 Å². The lowest BCUT2D eigenvalue weighted by atomic mass is 9.96. The van der Waals surface area contributed by atoms with Gasteiger partial charge in [-0.05, 0) is 25.1 Å². The smallest absolute Gasteiger partial charge is 0.259 e. The largest absolute Gasteiger partial charge is 0.347 e. The molecule has 0 saturated heterocycles. The third-order valence-electron chi connectivity index (χ3n) is 4.74. The van der Waals surface area contributed by atoms with Gasteiger partial charge in [0.2, 0.25) is 0 Å². The highest BCUT2D eigenvalue weighted by Crippen LogP contribution is 2.38. The number of aromatic nitrogens is 1. The average Bonchev–Trinajstić information content (AvgIpc) is 3.17. The zero-order valence-electron chi connectivity index (χ0n) is 14.5. The molecule has 5 nitrogen and oxygen atoms in total. The number of rotatable bonds is 5. The Bertz CT molecular complexity index is 1100. The minimum atomic E-state index is -0.429. The number of nitrogens with zero attached hydrogens (tertiary/aromatic N) is 1. The van der Waals surface area contributed by atoms with Crippen LogP contribution in [-0.2, 0) is 16.1 Å². The summed E-state index contributed by atoms with van der Waals surface area (Å²) in [7, 11) is 0. The fourth-order valence-electron chi connectivity index (χ4n) is 3.53. The van der Waals surface area contributed by atoms with E-state index in [1.54, 1.807) is 24.3 Å². The monoisotopic (exact) mass is 379 g/mol. The molecule has 0 spiro atoms. The minimum absolute atomic E-state index is 0.312. The second-order valence-electron chi connectivity index (χ2n) is 6.41. The normalized spacial score (nSPS) is 14.3. The number of imide groups is 1. The number of aryl methyl sites for hydroxylation is 1. The number of nitrogens with one attached hydrogen (secondary N) is 1. The van der Waals surface area contributed by atoms with E-state index in [0.717, 1.165) is 29.4 Å². The van der Waals surface area contributed by atoms with E-state index in [9.17, 15) is 9.59 Å². The van der Waals surface area contributed by atoms with Crippen molar-refractivity contribution < 1.29 is 9.59 Å². The third kappa shape index (κ3) is 2.95. The topological polar surface area (TPSA) is 77.1 Å². The second kappa shape index (κ2) is 7.02. The fourth-order valence-corrected chi connectivity index (χ4v) is 3.76. The van der Waals surface area contributed by atoms with E-state index in [4.69, 9.17) is 17.3 Å². The highest BCUT2D eigenvalue weighted by Gasteiger charge is 2.34. The minimum Gasteiger partial charge on any atom is -0.347 e. The number of benzene rings is 2. The van der Waals surface area contributed by atoms with Crippen molar-refractivity contribution in [2.75, 3.05) is 6.54 Å². The van der Waals surface area contributed by atoms with Gasteiger partial charge in [0.25, 0.3) is 11.8 Å². The zero-order chi connectivity index (χ0) is 19.0.